The second-order valence-corrected chi connectivity index (χ2v) is 9.07. The number of hydrogen-bond donors (Lipinski definition) is 0. The molecule has 2 aliphatic carbocycles. The zero-order chi connectivity index (χ0) is 16.8. The second kappa shape index (κ2) is 4.64. The minimum atomic E-state index is -0.0100. The lowest BCUT2D eigenvalue weighted by molar-refractivity contribution is -0.230. The van der Waals surface area contributed by atoms with E-state index in [0.29, 0.717) is 23.7 Å². The molecule has 0 radical (unpaired) electrons. The Morgan fingerprint density at radius 2 is 1.78 bits per heavy atom. The van der Waals surface area contributed by atoms with Gasteiger partial charge in [-0.25, -0.2) is 0 Å². The van der Waals surface area contributed by atoms with E-state index < -0.39 is 0 Å². The van der Waals surface area contributed by atoms with Gasteiger partial charge >= 0.3 is 0 Å². The van der Waals surface area contributed by atoms with Crippen LogP contribution in [0.15, 0.2) is 11.6 Å². The number of ether oxygens (including phenoxy) is 2. The highest BCUT2D eigenvalue weighted by Crippen LogP contribution is 2.76. The maximum absolute atomic E-state index is 6.85. The molecule has 0 aromatic rings. The molecule has 6 unspecified atom stereocenters. The fourth-order valence-electron chi connectivity index (χ4n) is 7.43. The van der Waals surface area contributed by atoms with Crippen LogP contribution < -0.4 is 0 Å². The number of hydrogen-bond acceptors (Lipinski definition) is 2. The van der Waals surface area contributed by atoms with Crippen molar-refractivity contribution in [3.63, 3.8) is 0 Å². The van der Waals surface area contributed by atoms with Crippen molar-refractivity contribution in [1.29, 1.82) is 0 Å². The lowest BCUT2D eigenvalue weighted by Crippen LogP contribution is -2.66. The Labute approximate surface area is 142 Å². The van der Waals surface area contributed by atoms with Gasteiger partial charge in [0.05, 0.1) is 18.8 Å². The summed E-state index contributed by atoms with van der Waals surface area (Å²) in [5.41, 5.74) is 2.00. The number of rotatable bonds is 2. The summed E-state index contributed by atoms with van der Waals surface area (Å²) in [5.74, 6) is 2.51. The predicted octanol–water partition coefficient (Wildman–Crippen LogP) is 4.83. The highest BCUT2D eigenvalue weighted by atomic mass is 16.6. The van der Waals surface area contributed by atoms with Gasteiger partial charge in [-0.05, 0) is 36.5 Å². The van der Waals surface area contributed by atoms with Crippen molar-refractivity contribution in [1.82, 2.24) is 0 Å². The summed E-state index contributed by atoms with van der Waals surface area (Å²) < 4.78 is 13.1. The number of epoxide rings is 1. The first-order chi connectivity index (χ1) is 10.8. The second-order valence-electron chi connectivity index (χ2n) is 9.07. The van der Waals surface area contributed by atoms with Crippen molar-refractivity contribution < 1.29 is 9.47 Å². The van der Waals surface area contributed by atoms with Gasteiger partial charge < -0.3 is 9.47 Å². The molecule has 1 spiro atoms. The first kappa shape index (κ1) is 16.1. The van der Waals surface area contributed by atoms with E-state index in [2.05, 4.69) is 54.5 Å². The third-order valence-corrected chi connectivity index (χ3v) is 9.24. The molecule has 4 aliphatic rings. The van der Waals surface area contributed by atoms with Gasteiger partial charge in [0.15, 0.2) is 0 Å². The summed E-state index contributed by atoms with van der Waals surface area (Å²) >= 11 is 0. The fraction of sp³-hybridized carbons (Fsp3) is 0.905. The Hall–Kier alpha value is -0.340. The Bertz CT molecular complexity index is 548. The van der Waals surface area contributed by atoms with Crippen LogP contribution in [0.25, 0.3) is 0 Å². The molecule has 0 aromatic heterocycles. The Morgan fingerprint density at radius 3 is 2.30 bits per heavy atom. The van der Waals surface area contributed by atoms with Gasteiger partial charge in [-0.1, -0.05) is 60.1 Å². The zero-order valence-corrected chi connectivity index (χ0v) is 16.0. The monoisotopic (exact) mass is 318 g/mol. The lowest BCUT2D eigenvalue weighted by Gasteiger charge is -2.63. The zero-order valence-electron chi connectivity index (χ0n) is 16.0. The largest absolute Gasteiger partial charge is 0.367 e. The van der Waals surface area contributed by atoms with Crippen LogP contribution in [0.4, 0.5) is 0 Å². The topological polar surface area (TPSA) is 21.8 Å². The number of allylic oxidation sites excluding steroid dienone is 1. The third kappa shape index (κ3) is 1.46. The third-order valence-electron chi connectivity index (χ3n) is 9.24. The molecule has 3 fully saturated rings. The maximum atomic E-state index is 6.85. The molecule has 2 heterocycles. The molecule has 0 aromatic carbocycles. The first-order valence-electron chi connectivity index (χ1n) is 9.81. The van der Waals surface area contributed by atoms with Crippen LogP contribution in [0, 0.1) is 34.5 Å². The molecule has 130 valence electrons. The molecule has 23 heavy (non-hydrogen) atoms. The first-order valence-corrected chi connectivity index (χ1v) is 9.81. The molecular formula is C21H34O2. The summed E-state index contributed by atoms with van der Waals surface area (Å²) in [5, 5.41) is 0. The minimum absolute atomic E-state index is 0.0100. The summed E-state index contributed by atoms with van der Waals surface area (Å²) in [6, 6.07) is 0. The molecule has 1 saturated carbocycles. The molecule has 2 heteroatoms. The Balaban J connectivity index is 1.94. The normalized spacial score (nSPS) is 60.6. The smallest absolute Gasteiger partial charge is 0.124 e. The molecule has 4 rings (SSSR count). The molecule has 2 aliphatic heterocycles. The van der Waals surface area contributed by atoms with Crippen molar-refractivity contribution in [2.75, 3.05) is 6.61 Å². The van der Waals surface area contributed by atoms with Crippen LogP contribution in [-0.4, -0.2) is 24.4 Å². The molecule has 0 amide bonds. The van der Waals surface area contributed by atoms with Gasteiger partial charge in [-0.3, -0.25) is 0 Å². The van der Waals surface area contributed by atoms with Crippen LogP contribution in [0.5, 0.6) is 0 Å². The van der Waals surface area contributed by atoms with E-state index in [0.717, 1.165) is 13.0 Å². The molecular weight excluding hydrogens is 284 g/mol. The van der Waals surface area contributed by atoms with Gasteiger partial charge in [0.25, 0.3) is 0 Å². The summed E-state index contributed by atoms with van der Waals surface area (Å²) in [7, 11) is 0. The predicted molar refractivity (Wildman–Crippen MR) is 93.2 cm³/mol. The minimum Gasteiger partial charge on any atom is -0.367 e. The van der Waals surface area contributed by atoms with E-state index in [1.54, 1.807) is 5.57 Å². The Morgan fingerprint density at radius 1 is 1.13 bits per heavy atom. The van der Waals surface area contributed by atoms with Gasteiger partial charge in [-0.2, -0.15) is 0 Å². The van der Waals surface area contributed by atoms with E-state index in [9.17, 15) is 0 Å². The fourth-order valence-corrected chi connectivity index (χ4v) is 7.43. The molecule has 9 atom stereocenters. The lowest BCUT2D eigenvalue weighted by atomic mass is 9.44. The van der Waals surface area contributed by atoms with Crippen molar-refractivity contribution in [3.8, 4) is 0 Å². The number of fused-ring (bicyclic) bond motifs is 2. The highest BCUT2D eigenvalue weighted by Gasteiger charge is 2.83. The molecule has 2 bridgehead atoms. The summed E-state index contributed by atoms with van der Waals surface area (Å²) in [4.78, 5) is 0. The van der Waals surface area contributed by atoms with Crippen LogP contribution in [-0.2, 0) is 9.47 Å². The van der Waals surface area contributed by atoms with Gasteiger partial charge in [-0.15, -0.1) is 0 Å². The molecule has 0 N–H and O–H groups in total. The van der Waals surface area contributed by atoms with Gasteiger partial charge in [0.1, 0.15) is 5.60 Å². The SMILES string of the molecule is CCC1=CC2OC3C(C)[C@@H](C)[C@](C)(C2(CC)C(C)C1C)[C@]31CO1. The van der Waals surface area contributed by atoms with E-state index in [4.69, 9.17) is 9.47 Å². The standard InChI is InChI=1S/C21H34O2/c1-8-16-10-17-20(9-2,15(6)12(16)3)19(7)14(5)13(4)18(23-17)21(19)11-22-21/h10,12-15,17-18H,8-9,11H2,1-7H3/t12?,13?,14-,15?,17?,18?,19-,20?,21+/m1/s1. The van der Waals surface area contributed by atoms with Crippen LogP contribution in [0.3, 0.4) is 0 Å². The van der Waals surface area contributed by atoms with Gasteiger partial charge in [0, 0.05) is 10.8 Å². The van der Waals surface area contributed by atoms with Crippen molar-refractivity contribution in [2.45, 2.75) is 79.1 Å². The van der Waals surface area contributed by atoms with E-state index in [-0.39, 0.29) is 28.6 Å². The summed E-state index contributed by atoms with van der Waals surface area (Å²) in [6.07, 6.45) is 5.40. The van der Waals surface area contributed by atoms with Crippen molar-refractivity contribution in [3.05, 3.63) is 11.6 Å². The Kier molecular flexibility index (Phi) is 3.25. The maximum Gasteiger partial charge on any atom is 0.124 e. The van der Waals surface area contributed by atoms with Crippen LogP contribution >= 0.6 is 0 Å². The van der Waals surface area contributed by atoms with E-state index in [1.165, 1.54) is 6.42 Å². The average molecular weight is 319 g/mol. The average Bonchev–Trinajstić information content (AvgIpc) is 3.32. The highest BCUT2D eigenvalue weighted by molar-refractivity contribution is 5.34. The van der Waals surface area contributed by atoms with Gasteiger partial charge in [0.2, 0.25) is 0 Å². The molecule has 2 saturated heterocycles. The van der Waals surface area contributed by atoms with E-state index >= 15 is 0 Å². The molecule has 2 nitrogen and oxygen atoms in total. The van der Waals surface area contributed by atoms with Crippen LogP contribution in [0.1, 0.15) is 61.3 Å². The van der Waals surface area contributed by atoms with E-state index in [1.807, 2.05) is 0 Å². The van der Waals surface area contributed by atoms with Crippen LogP contribution in [0.2, 0.25) is 0 Å². The quantitative estimate of drug-likeness (QED) is 0.537. The summed E-state index contributed by atoms with van der Waals surface area (Å²) in [6.45, 7) is 17.9. The van der Waals surface area contributed by atoms with Crippen molar-refractivity contribution in [2.24, 2.45) is 34.5 Å². The van der Waals surface area contributed by atoms with Crippen molar-refractivity contribution >= 4 is 0 Å².